The second-order valence-corrected chi connectivity index (χ2v) is 13.0. The predicted molar refractivity (Wildman–Crippen MR) is 151 cm³/mol. The van der Waals surface area contributed by atoms with Gasteiger partial charge in [0.05, 0.1) is 29.1 Å². The van der Waals surface area contributed by atoms with Crippen molar-refractivity contribution < 1.29 is 17.9 Å². The molecule has 10 heteroatoms. The zero-order valence-corrected chi connectivity index (χ0v) is 24.0. The molecule has 2 aliphatic heterocycles. The minimum absolute atomic E-state index is 0.0129. The van der Waals surface area contributed by atoms with Crippen molar-refractivity contribution in [2.75, 3.05) is 42.7 Å². The van der Waals surface area contributed by atoms with Crippen molar-refractivity contribution in [1.82, 2.24) is 14.9 Å². The van der Waals surface area contributed by atoms with Crippen LogP contribution in [0.25, 0.3) is 0 Å². The molecular weight excluding hydrogens is 517 g/mol. The number of nitrogens with zero attached hydrogens (tertiary/aromatic N) is 5. The average Bonchev–Trinajstić information content (AvgIpc) is 3.49. The van der Waals surface area contributed by atoms with E-state index in [1.54, 1.807) is 24.9 Å². The number of anilines is 3. The van der Waals surface area contributed by atoms with Crippen LogP contribution in [0.1, 0.15) is 41.4 Å². The van der Waals surface area contributed by atoms with Crippen molar-refractivity contribution in [3.8, 4) is 0 Å². The topological polar surface area (TPSA) is 89.9 Å². The van der Waals surface area contributed by atoms with Gasteiger partial charge in [-0.25, -0.2) is 22.8 Å². The molecule has 3 heterocycles. The van der Waals surface area contributed by atoms with Crippen LogP contribution in [0.2, 0.25) is 0 Å². The van der Waals surface area contributed by atoms with Crippen LogP contribution in [0.15, 0.2) is 41.4 Å². The van der Waals surface area contributed by atoms with Crippen LogP contribution in [-0.2, 0) is 22.9 Å². The molecular formula is C29H36FN5O3S. The number of aryl methyl sites for hydroxylation is 2. The number of hydrogen-bond donors (Lipinski definition) is 1. The first-order chi connectivity index (χ1) is 18.5. The largest absolute Gasteiger partial charge is 0.392 e. The molecule has 2 saturated heterocycles. The van der Waals surface area contributed by atoms with E-state index in [1.807, 2.05) is 38.1 Å². The summed E-state index contributed by atoms with van der Waals surface area (Å²) in [7, 11) is 0.377. The van der Waals surface area contributed by atoms with Crippen molar-refractivity contribution >= 4 is 27.0 Å². The van der Waals surface area contributed by atoms with Gasteiger partial charge in [-0.2, -0.15) is 0 Å². The number of sulfone groups is 1. The SMILES string of the molecule is CCS(=O)(=O)c1cc(Cc2ncc(F)c(N(C)c3cc(CO)c(C)cc3C)n2)ccc1N1C[C@@H]2C[C@H]1CN2C. The molecule has 0 unspecified atom stereocenters. The number of fused-ring (bicyclic) bond motifs is 2. The summed E-state index contributed by atoms with van der Waals surface area (Å²) in [5, 5.41) is 9.71. The molecule has 2 aromatic carbocycles. The maximum Gasteiger partial charge on any atom is 0.184 e. The highest BCUT2D eigenvalue weighted by Crippen LogP contribution is 2.38. The van der Waals surface area contributed by atoms with E-state index in [9.17, 15) is 17.9 Å². The fourth-order valence-electron chi connectivity index (χ4n) is 5.90. The zero-order chi connectivity index (χ0) is 28.1. The van der Waals surface area contributed by atoms with Crippen molar-refractivity contribution in [2.24, 2.45) is 0 Å². The summed E-state index contributed by atoms with van der Waals surface area (Å²) in [5.74, 6) is -0.0460. The number of hydrogen-bond acceptors (Lipinski definition) is 8. The van der Waals surface area contributed by atoms with Crippen LogP contribution in [0, 0.1) is 19.7 Å². The molecule has 0 saturated carbocycles. The summed E-state index contributed by atoms with van der Waals surface area (Å²) >= 11 is 0. The molecule has 5 rings (SSSR count). The summed E-state index contributed by atoms with van der Waals surface area (Å²) < 4.78 is 41.3. The van der Waals surface area contributed by atoms with Gasteiger partial charge < -0.3 is 14.9 Å². The summed E-state index contributed by atoms with van der Waals surface area (Å²) in [5.41, 5.74) is 4.90. The minimum atomic E-state index is -3.48. The molecule has 0 amide bonds. The van der Waals surface area contributed by atoms with Gasteiger partial charge in [-0.05, 0) is 67.8 Å². The maximum atomic E-state index is 14.9. The summed E-state index contributed by atoms with van der Waals surface area (Å²) in [6.07, 6.45) is 2.46. The Kier molecular flexibility index (Phi) is 7.39. The maximum absolute atomic E-state index is 14.9. The van der Waals surface area contributed by atoms with Gasteiger partial charge in [0.15, 0.2) is 21.5 Å². The Morgan fingerprint density at radius 3 is 2.54 bits per heavy atom. The molecule has 2 fully saturated rings. The van der Waals surface area contributed by atoms with E-state index in [1.165, 1.54) is 0 Å². The fraction of sp³-hybridized carbons (Fsp3) is 0.448. The number of aliphatic hydroxyl groups is 1. The van der Waals surface area contributed by atoms with E-state index < -0.39 is 15.7 Å². The van der Waals surface area contributed by atoms with Gasteiger partial charge >= 0.3 is 0 Å². The minimum Gasteiger partial charge on any atom is -0.392 e. The summed E-state index contributed by atoms with van der Waals surface area (Å²) in [6, 6.07) is 10.1. The lowest BCUT2D eigenvalue weighted by molar-refractivity contribution is 0.281. The number of aromatic nitrogens is 2. The number of halogens is 1. The molecule has 0 radical (unpaired) electrons. The standard InChI is InChI=1S/C29H36FN5O3S/c1-6-39(37,38)27-10-20(7-8-25(27)35-16-22-13-23(35)15-33(22)4)11-28-31-14-24(30)29(32-28)34(5)26-12-21(17-36)18(2)9-19(26)3/h7-10,12,14,22-23,36H,6,11,13,15-17H2,1-5H3/t22-,23-/m0/s1. The Bertz CT molecular complexity index is 1510. The van der Waals surface area contributed by atoms with Crippen LogP contribution in [-0.4, -0.2) is 73.4 Å². The van der Waals surface area contributed by atoms with Gasteiger partial charge in [-0.1, -0.05) is 19.1 Å². The van der Waals surface area contributed by atoms with E-state index in [0.29, 0.717) is 22.8 Å². The van der Waals surface area contributed by atoms with Gasteiger partial charge in [0.2, 0.25) is 0 Å². The van der Waals surface area contributed by atoms with Crippen LogP contribution < -0.4 is 9.80 Å². The molecule has 1 aromatic heterocycles. The second-order valence-electron chi connectivity index (χ2n) is 10.8. The molecule has 0 spiro atoms. The number of aliphatic hydroxyl groups excluding tert-OH is 1. The number of rotatable bonds is 8. The van der Waals surface area contributed by atoms with Crippen molar-refractivity contribution in [2.45, 2.75) is 57.2 Å². The first-order valence-corrected chi connectivity index (χ1v) is 15.0. The Morgan fingerprint density at radius 2 is 1.90 bits per heavy atom. The zero-order valence-electron chi connectivity index (χ0n) is 23.1. The van der Waals surface area contributed by atoms with Gasteiger partial charge in [-0.15, -0.1) is 0 Å². The smallest absolute Gasteiger partial charge is 0.184 e. The molecule has 3 aromatic rings. The highest BCUT2D eigenvalue weighted by Gasteiger charge is 2.42. The van der Waals surface area contributed by atoms with Gasteiger partial charge in [0.25, 0.3) is 0 Å². The van der Waals surface area contributed by atoms with Crippen LogP contribution >= 0.6 is 0 Å². The lowest BCUT2D eigenvalue weighted by Gasteiger charge is -2.34. The Labute approximate surface area is 230 Å². The third-order valence-electron chi connectivity index (χ3n) is 8.20. The van der Waals surface area contributed by atoms with Crippen molar-refractivity contribution in [3.63, 3.8) is 0 Å². The first-order valence-electron chi connectivity index (χ1n) is 13.3. The van der Waals surface area contributed by atoms with Gasteiger partial charge in [0, 0.05) is 44.3 Å². The van der Waals surface area contributed by atoms with Crippen LogP contribution in [0.5, 0.6) is 0 Å². The van der Waals surface area contributed by atoms with Gasteiger partial charge in [0.1, 0.15) is 5.82 Å². The molecule has 2 atom stereocenters. The average molecular weight is 554 g/mol. The Morgan fingerprint density at radius 1 is 1.13 bits per heavy atom. The highest BCUT2D eigenvalue weighted by atomic mass is 32.2. The Balaban J connectivity index is 1.46. The number of benzene rings is 2. The third-order valence-corrected chi connectivity index (χ3v) is 9.96. The third kappa shape index (κ3) is 5.13. The van der Waals surface area contributed by atoms with Crippen LogP contribution in [0.4, 0.5) is 21.6 Å². The van der Waals surface area contributed by atoms with E-state index >= 15 is 0 Å². The lowest BCUT2D eigenvalue weighted by Crippen LogP contribution is -2.45. The van der Waals surface area contributed by atoms with Crippen molar-refractivity contribution in [3.05, 3.63) is 70.4 Å². The monoisotopic (exact) mass is 553 g/mol. The molecule has 39 heavy (non-hydrogen) atoms. The fourth-order valence-corrected chi connectivity index (χ4v) is 7.04. The molecule has 8 nitrogen and oxygen atoms in total. The number of piperazine rings is 1. The summed E-state index contributed by atoms with van der Waals surface area (Å²) in [6.45, 7) is 7.16. The Hall–Kier alpha value is -3.08. The highest BCUT2D eigenvalue weighted by molar-refractivity contribution is 7.91. The van der Waals surface area contributed by atoms with Gasteiger partial charge in [-0.3, -0.25) is 4.90 Å². The van der Waals surface area contributed by atoms with E-state index in [0.717, 1.165) is 59.3 Å². The molecule has 2 bridgehead atoms. The quantitative estimate of drug-likeness (QED) is 0.451. The van der Waals surface area contributed by atoms with Crippen molar-refractivity contribution in [1.29, 1.82) is 0 Å². The first kappa shape index (κ1) is 27.5. The van der Waals surface area contributed by atoms with E-state index in [2.05, 4.69) is 26.8 Å². The number of likely N-dealkylation sites (N-methyl/N-ethyl adjacent to an activating group) is 1. The molecule has 0 aliphatic carbocycles. The lowest BCUT2D eigenvalue weighted by atomic mass is 10.0. The molecule has 208 valence electrons. The van der Waals surface area contributed by atoms with Crippen LogP contribution in [0.3, 0.4) is 0 Å². The van der Waals surface area contributed by atoms with E-state index in [-0.39, 0.29) is 24.6 Å². The predicted octanol–water partition coefficient (Wildman–Crippen LogP) is 3.77. The normalized spacial score (nSPS) is 19.2. The second kappa shape index (κ2) is 10.5. The summed E-state index contributed by atoms with van der Waals surface area (Å²) in [4.78, 5) is 15.3. The molecule has 1 N–H and O–H groups in total. The number of likely N-dealkylation sites (tertiary alicyclic amines) is 1. The molecule has 2 aliphatic rings. The van der Waals surface area contributed by atoms with E-state index in [4.69, 9.17) is 0 Å².